The highest BCUT2D eigenvalue weighted by Gasteiger charge is 2.55. The van der Waals surface area contributed by atoms with Gasteiger partial charge in [0.25, 0.3) is 0 Å². The zero-order valence-electron chi connectivity index (χ0n) is 11.7. The Morgan fingerprint density at radius 2 is 1.84 bits per heavy atom. The molecule has 4 nitrogen and oxygen atoms in total. The molecule has 0 aromatic heterocycles. The number of carboxylic acid groups (broad SMARTS) is 1. The van der Waals surface area contributed by atoms with E-state index in [1.807, 2.05) is 0 Å². The van der Waals surface area contributed by atoms with Gasteiger partial charge in [0.05, 0.1) is 11.7 Å². The molecule has 3 N–H and O–H groups in total. The van der Waals surface area contributed by atoms with Crippen LogP contribution in [0, 0.1) is 17.3 Å². The Labute approximate surface area is 114 Å². The second kappa shape index (κ2) is 4.60. The lowest BCUT2D eigenvalue weighted by Gasteiger charge is -2.55. The summed E-state index contributed by atoms with van der Waals surface area (Å²) in [6.45, 7) is 7.50. The molecule has 5 unspecified atom stereocenters. The van der Waals surface area contributed by atoms with Crippen LogP contribution in [-0.2, 0) is 4.79 Å². The lowest BCUT2D eigenvalue weighted by atomic mass is 9.52. The Balaban J connectivity index is 2.24. The van der Waals surface area contributed by atoms with E-state index in [4.69, 9.17) is 5.11 Å². The first-order chi connectivity index (χ1) is 8.68. The predicted octanol–water partition coefficient (Wildman–Crippen LogP) is 1.96. The lowest BCUT2D eigenvalue weighted by Crippen LogP contribution is -2.58. The van der Waals surface area contributed by atoms with Crippen LogP contribution in [0.5, 0.6) is 0 Å². The molecule has 2 rings (SSSR count). The molecule has 5 atom stereocenters. The summed E-state index contributed by atoms with van der Waals surface area (Å²) in [4.78, 5) is 11.1. The van der Waals surface area contributed by atoms with Crippen molar-refractivity contribution in [2.45, 2.75) is 57.7 Å². The van der Waals surface area contributed by atoms with Gasteiger partial charge in [0.2, 0.25) is 0 Å². The van der Waals surface area contributed by atoms with Gasteiger partial charge in [-0.05, 0) is 56.3 Å². The van der Waals surface area contributed by atoms with Crippen LogP contribution in [0.25, 0.3) is 0 Å². The molecule has 108 valence electrons. The summed E-state index contributed by atoms with van der Waals surface area (Å²) >= 11 is 0. The van der Waals surface area contributed by atoms with Gasteiger partial charge < -0.3 is 15.3 Å². The van der Waals surface area contributed by atoms with Crippen LogP contribution < -0.4 is 0 Å². The van der Waals surface area contributed by atoms with E-state index in [-0.39, 0.29) is 22.8 Å². The molecule has 2 aliphatic rings. The van der Waals surface area contributed by atoms with Gasteiger partial charge in [0.1, 0.15) is 0 Å². The molecule has 0 aromatic rings. The monoisotopic (exact) mass is 268 g/mol. The van der Waals surface area contributed by atoms with Crippen molar-refractivity contribution in [2.75, 3.05) is 0 Å². The first kappa shape index (κ1) is 14.5. The summed E-state index contributed by atoms with van der Waals surface area (Å²) in [5.74, 6) is -1.12. The number of aliphatic hydroxyl groups excluding tert-OH is 1. The highest BCUT2D eigenvalue weighted by Crippen LogP contribution is 2.56. The van der Waals surface area contributed by atoms with E-state index >= 15 is 0 Å². The van der Waals surface area contributed by atoms with Crippen molar-refractivity contribution in [3.8, 4) is 0 Å². The highest BCUT2D eigenvalue weighted by molar-refractivity contribution is 5.86. The molecule has 4 heteroatoms. The van der Waals surface area contributed by atoms with Crippen molar-refractivity contribution < 1.29 is 20.1 Å². The van der Waals surface area contributed by atoms with Crippen molar-refractivity contribution in [3.05, 3.63) is 12.2 Å². The average Bonchev–Trinajstić information content (AvgIpc) is 2.34. The molecule has 0 aromatic carbocycles. The van der Waals surface area contributed by atoms with Crippen LogP contribution >= 0.6 is 0 Å². The van der Waals surface area contributed by atoms with E-state index < -0.39 is 17.7 Å². The summed E-state index contributed by atoms with van der Waals surface area (Å²) in [6.07, 6.45) is 3.08. The van der Waals surface area contributed by atoms with E-state index in [1.165, 1.54) is 0 Å². The number of hydrogen-bond acceptors (Lipinski definition) is 3. The first-order valence-electron chi connectivity index (χ1n) is 7.01. The molecule has 19 heavy (non-hydrogen) atoms. The molecule has 2 aliphatic carbocycles. The molecule has 2 fully saturated rings. The number of carboxylic acids is 1. The quantitative estimate of drug-likeness (QED) is 0.669. The molecule has 2 saturated carbocycles. The van der Waals surface area contributed by atoms with Gasteiger partial charge in [0.15, 0.2) is 0 Å². The topological polar surface area (TPSA) is 77.8 Å². The first-order valence-corrected chi connectivity index (χ1v) is 7.01. The summed E-state index contributed by atoms with van der Waals surface area (Å²) in [5.41, 5.74) is -0.902. The number of rotatable bonds is 2. The molecule has 0 amide bonds. The molecule has 0 saturated heterocycles. The second-order valence-corrected chi connectivity index (χ2v) is 6.79. The third-order valence-corrected chi connectivity index (χ3v) is 5.56. The fraction of sp³-hybridized carbons (Fsp3) is 0.800. The third kappa shape index (κ3) is 2.32. The maximum atomic E-state index is 11.1. The van der Waals surface area contributed by atoms with Gasteiger partial charge in [-0.2, -0.15) is 0 Å². The fourth-order valence-corrected chi connectivity index (χ4v) is 4.09. The van der Waals surface area contributed by atoms with Gasteiger partial charge in [0, 0.05) is 5.57 Å². The SMILES string of the molecule is C=C(C(=O)O)C1CCC2(C)CCC(O)C(C)(O)C2C1. The van der Waals surface area contributed by atoms with E-state index in [0.29, 0.717) is 12.8 Å². The van der Waals surface area contributed by atoms with Crippen LogP contribution in [0.4, 0.5) is 0 Å². The van der Waals surface area contributed by atoms with E-state index in [2.05, 4.69) is 13.5 Å². The lowest BCUT2D eigenvalue weighted by molar-refractivity contribution is -0.183. The van der Waals surface area contributed by atoms with Crippen molar-refractivity contribution in [2.24, 2.45) is 17.3 Å². The number of aliphatic hydroxyl groups is 2. The zero-order chi connectivity index (χ0) is 14.4. The van der Waals surface area contributed by atoms with Crippen molar-refractivity contribution in [3.63, 3.8) is 0 Å². The minimum atomic E-state index is -1.13. The average molecular weight is 268 g/mol. The van der Waals surface area contributed by atoms with Crippen LogP contribution in [0.2, 0.25) is 0 Å². The van der Waals surface area contributed by atoms with Gasteiger partial charge in [-0.15, -0.1) is 0 Å². The van der Waals surface area contributed by atoms with Gasteiger partial charge in [-0.1, -0.05) is 13.5 Å². The maximum Gasteiger partial charge on any atom is 0.331 e. The predicted molar refractivity (Wildman–Crippen MR) is 71.6 cm³/mol. The standard InChI is InChI=1S/C15H24O4/c1-9(13(17)18)10-4-6-14(2)7-5-12(16)15(3,19)11(14)8-10/h10-12,16,19H,1,4-8H2,2-3H3,(H,17,18). The van der Waals surface area contributed by atoms with Crippen LogP contribution in [0.15, 0.2) is 12.2 Å². The number of carbonyl (C=O) groups is 1. The highest BCUT2D eigenvalue weighted by atomic mass is 16.4. The maximum absolute atomic E-state index is 11.1. The Kier molecular flexibility index (Phi) is 3.52. The summed E-state index contributed by atoms with van der Waals surface area (Å²) < 4.78 is 0. The smallest absolute Gasteiger partial charge is 0.331 e. The Morgan fingerprint density at radius 1 is 1.26 bits per heavy atom. The molecule has 0 spiro atoms. The van der Waals surface area contributed by atoms with Gasteiger partial charge in [-0.25, -0.2) is 4.79 Å². The molecular weight excluding hydrogens is 244 g/mol. The molecular formula is C15H24O4. The van der Waals surface area contributed by atoms with E-state index in [1.54, 1.807) is 6.92 Å². The van der Waals surface area contributed by atoms with Gasteiger partial charge in [-0.3, -0.25) is 0 Å². The molecule has 0 bridgehead atoms. The number of fused-ring (bicyclic) bond motifs is 1. The van der Waals surface area contributed by atoms with Crippen molar-refractivity contribution in [1.82, 2.24) is 0 Å². The minimum absolute atomic E-state index is 0.00197. The second-order valence-electron chi connectivity index (χ2n) is 6.79. The van der Waals surface area contributed by atoms with Crippen LogP contribution in [0.1, 0.15) is 46.0 Å². The minimum Gasteiger partial charge on any atom is -0.478 e. The largest absolute Gasteiger partial charge is 0.478 e. The molecule has 0 heterocycles. The molecule has 0 aliphatic heterocycles. The van der Waals surface area contributed by atoms with E-state index in [0.717, 1.165) is 19.3 Å². The van der Waals surface area contributed by atoms with Gasteiger partial charge >= 0.3 is 5.97 Å². The Morgan fingerprint density at radius 3 is 2.42 bits per heavy atom. The summed E-state index contributed by atoms with van der Waals surface area (Å²) in [5, 5.41) is 29.7. The zero-order valence-corrected chi connectivity index (χ0v) is 11.7. The Hall–Kier alpha value is -0.870. The molecule has 0 radical (unpaired) electrons. The van der Waals surface area contributed by atoms with Crippen molar-refractivity contribution >= 4 is 5.97 Å². The number of aliphatic carboxylic acids is 1. The normalized spacial score (nSPS) is 46.4. The Bertz CT molecular complexity index is 396. The van der Waals surface area contributed by atoms with Crippen molar-refractivity contribution in [1.29, 1.82) is 0 Å². The van der Waals surface area contributed by atoms with Crippen LogP contribution in [-0.4, -0.2) is 33.0 Å². The fourth-order valence-electron chi connectivity index (χ4n) is 4.09. The van der Waals surface area contributed by atoms with E-state index in [9.17, 15) is 15.0 Å². The summed E-state index contributed by atoms with van der Waals surface area (Å²) in [7, 11) is 0. The third-order valence-electron chi connectivity index (χ3n) is 5.56. The summed E-state index contributed by atoms with van der Waals surface area (Å²) in [6, 6.07) is 0. The van der Waals surface area contributed by atoms with Crippen LogP contribution in [0.3, 0.4) is 0 Å². The number of hydrogen-bond donors (Lipinski definition) is 3.